The molecule has 0 bridgehead atoms. The van der Waals surface area contributed by atoms with Crippen LogP contribution in [0.4, 0.5) is 5.69 Å². The number of benzene rings is 1. The van der Waals surface area contributed by atoms with Gasteiger partial charge in [-0.2, -0.15) is 0 Å². The summed E-state index contributed by atoms with van der Waals surface area (Å²) in [5.74, 6) is 0.892. The lowest BCUT2D eigenvalue weighted by molar-refractivity contribution is 0.0904. The fourth-order valence-corrected chi connectivity index (χ4v) is 2.66. The Bertz CT molecular complexity index is 389. The molecule has 0 radical (unpaired) electrons. The lowest BCUT2D eigenvalue weighted by Gasteiger charge is -2.26. The summed E-state index contributed by atoms with van der Waals surface area (Å²) in [6, 6.07) is 4.58. The van der Waals surface area contributed by atoms with Gasteiger partial charge in [0.15, 0.2) is 0 Å². The first-order valence-corrected chi connectivity index (χ1v) is 6.68. The number of nitrogens with one attached hydrogen (secondary N) is 1. The molecule has 0 aliphatic carbocycles. The Morgan fingerprint density at radius 3 is 2.71 bits per heavy atom. The highest BCUT2D eigenvalue weighted by molar-refractivity contribution is 9.10. The minimum absolute atomic E-state index is 0.484. The van der Waals surface area contributed by atoms with E-state index < -0.39 is 0 Å². The summed E-state index contributed by atoms with van der Waals surface area (Å²) in [6.45, 7) is 3.78. The van der Waals surface area contributed by atoms with Gasteiger partial charge in [0.05, 0.1) is 12.8 Å². The van der Waals surface area contributed by atoms with Crippen LogP contribution in [0.5, 0.6) is 5.75 Å². The number of rotatable bonds is 3. The quantitative estimate of drug-likeness (QED) is 0.928. The molecule has 1 N–H and O–H groups in total. The molecule has 17 heavy (non-hydrogen) atoms. The lowest BCUT2D eigenvalue weighted by Crippen LogP contribution is -2.28. The van der Waals surface area contributed by atoms with Crippen LogP contribution in [0.1, 0.15) is 18.4 Å². The van der Waals surface area contributed by atoms with Crippen LogP contribution in [-0.4, -0.2) is 26.4 Å². The Balaban J connectivity index is 2.18. The molecule has 1 aromatic rings. The topological polar surface area (TPSA) is 30.5 Å². The van der Waals surface area contributed by atoms with Crippen LogP contribution in [0.15, 0.2) is 16.6 Å². The Labute approximate surface area is 111 Å². The molecule has 4 heteroatoms. The van der Waals surface area contributed by atoms with Gasteiger partial charge in [-0.3, -0.25) is 0 Å². The van der Waals surface area contributed by atoms with Crippen molar-refractivity contribution in [2.75, 3.05) is 25.6 Å². The number of hydrogen-bond donors (Lipinski definition) is 1. The van der Waals surface area contributed by atoms with Crippen LogP contribution < -0.4 is 10.1 Å². The highest BCUT2D eigenvalue weighted by atomic mass is 79.9. The third-order valence-electron chi connectivity index (χ3n) is 3.05. The van der Waals surface area contributed by atoms with E-state index in [0.717, 1.165) is 42.0 Å². The number of aryl methyl sites for hydroxylation is 1. The normalized spacial score (nSPS) is 16.9. The number of hydrogen-bond acceptors (Lipinski definition) is 3. The third-order valence-corrected chi connectivity index (χ3v) is 3.51. The van der Waals surface area contributed by atoms with Gasteiger partial charge in [0, 0.05) is 23.7 Å². The average Bonchev–Trinajstić information content (AvgIpc) is 2.33. The van der Waals surface area contributed by atoms with Gasteiger partial charge in [-0.1, -0.05) is 15.9 Å². The molecule has 94 valence electrons. The maximum absolute atomic E-state index is 5.42. The molecule has 3 nitrogen and oxygen atoms in total. The van der Waals surface area contributed by atoms with Crippen molar-refractivity contribution in [3.8, 4) is 5.75 Å². The summed E-state index contributed by atoms with van der Waals surface area (Å²) in [5, 5.41) is 3.57. The minimum atomic E-state index is 0.484. The van der Waals surface area contributed by atoms with Crippen LogP contribution in [-0.2, 0) is 4.74 Å². The van der Waals surface area contributed by atoms with Gasteiger partial charge in [-0.05, 0) is 37.5 Å². The molecule has 0 spiro atoms. The summed E-state index contributed by atoms with van der Waals surface area (Å²) >= 11 is 3.49. The third kappa shape index (κ3) is 3.13. The molecule has 1 saturated heterocycles. The van der Waals surface area contributed by atoms with Gasteiger partial charge in [0.25, 0.3) is 0 Å². The first-order chi connectivity index (χ1) is 8.20. The van der Waals surface area contributed by atoms with E-state index in [2.05, 4.69) is 34.2 Å². The monoisotopic (exact) mass is 299 g/mol. The summed E-state index contributed by atoms with van der Waals surface area (Å²) < 4.78 is 11.8. The number of methoxy groups -OCH3 is 1. The Hall–Kier alpha value is -0.740. The molecule has 0 aromatic heterocycles. The largest absolute Gasteiger partial charge is 0.495 e. The molecule has 1 aliphatic rings. The van der Waals surface area contributed by atoms with E-state index in [9.17, 15) is 0 Å². The van der Waals surface area contributed by atoms with E-state index in [1.165, 1.54) is 5.56 Å². The van der Waals surface area contributed by atoms with Crippen molar-refractivity contribution in [2.24, 2.45) is 0 Å². The first-order valence-electron chi connectivity index (χ1n) is 5.89. The summed E-state index contributed by atoms with van der Waals surface area (Å²) in [4.78, 5) is 0. The standard InChI is InChI=1S/C13H18BrNO2/c1-9-7-10(14)8-12(16-2)13(9)15-11-3-5-17-6-4-11/h7-8,11,15H,3-6H2,1-2H3. The smallest absolute Gasteiger partial charge is 0.143 e. The zero-order chi connectivity index (χ0) is 12.3. The molecular formula is C13H18BrNO2. The second-order valence-electron chi connectivity index (χ2n) is 4.33. The molecule has 0 atom stereocenters. The lowest BCUT2D eigenvalue weighted by atomic mass is 10.1. The van der Waals surface area contributed by atoms with Crippen LogP contribution in [0.25, 0.3) is 0 Å². The van der Waals surface area contributed by atoms with Crippen molar-refractivity contribution in [2.45, 2.75) is 25.8 Å². The van der Waals surface area contributed by atoms with E-state index >= 15 is 0 Å². The van der Waals surface area contributed by atoms with Crippen LogP contribution >= 0.6 is 15.9 Å². The number of halogens is 1. The molecule has 0 saturated carbocycles. The number of anilines is 1. The summed E-state index contributed by atoms with van der Waals surface area (Å²) in [7, 11) is 1.70. The van der Waals surface area contributed by atoms with Gasteiger partial charge in [-0.15, -0.1) is 0 Å². The van der Waals surface area contributed by atoms with E-state index in [1.54, 1.807) is 7.11 Å². The fraction of sp³-hybridized carbons (Fsp3) is 0.538. The fourth-order valence-electron chi connectivity index (χ4n) is 2.10. The van der Waals surface area contributed by atoms with Gasteiger partial charge in [0.2, 0.25) is 0 Å². The zero-order valence-electron chi connectivity index (χ0n) is 10.3. The highest BCUT2D eigenvalue weighted by Gasteiger charge is 2.16. The van der Waals surface area contributed by atoms with Crippen molar-refractivity contribution in [1.82, 2.24) is 0 Å². The van der Waals surface area contributed by atoms with Gasteiger partial charge in [-0.25, -0.2) is 0 Å². The van der Waals surface area contributed by atoms with E-state index in [0.29, 0.717) is 6.04 Å². The van der Waals surface area contributed by atoms with Crippen molar-refractivity contribution >= 4 is 21.6 Å². The van der Waals surface area contributed by atoms with Gasteiger partial charge >= 0.3 is 0 Å². The Morgan fingerprint density at radius 1 is 1.35 bits per heavy atom. The van der Waals surface area contributed by atoms with E-state index in [4.69, 9.17) is 9.47 Å². The zero-order valence-corrected chi connectivity index (χ0v) is 11.8. The van der Waals surface area contributed by atoms with Crippen molar-refractivity contribution in [1.29, 1.82) is 0 Å². The predicted octanol–water partition coefficient (Wildman–Crippen LogP) is 3.36. The molecule has 1 aromatic carbocycles. The maximum Gasteiger partial charge on any atom is 0.143 e. The second kappa shape index (κ2) is 5.74. The van der Waals surface area contributed by atoms with Crippen LogP contribution in [0.2, 0.25) is 0 Å². The van der Waals surface area contributed by atoms with Gasteiger partial charge < -0.3 is 14.8 Å². The second-order valence-corrected chi connectivity index (χ2v) is 5.25. The summed E-state index contributed by atoms with van der Waals surface area (Å²) in [5.41, 5.74) is 2.30. The van der Waals surface area contributed by atoms with Crippen LogP contribution in [0, 0.1) is 6.92 Å². The number of ether oxygens (including phenoxy) is 2. The van der Waals surface area contributed by atoms with E-state index in [1.807, 2.05) is 6.07 Å². The van der Waals surface area contributed by atoms with Gasteiger partial charge in [0.1, 0.15) is 5.75 Å². The van der Waals surface area contributed by atoms with Crippen molar-refractivity contribution < 1.29 is 9.47 Å². The molecule has 0 amide bonds. The Morgan fingerprint density at radius 2 is 2.06 bits per heavy atom. The van der Waals surface area contributed by atoms with Crippen molar-refractivity contribution in [3.05, 3.63) is 22.2 Å². The molecular weight excluding hydrogens is 282 g/mol. The molecule has 2 rings (SSSR count). The Kier molecular flexibility index (Phi) is 4.29. The molecule has 0 unspecified atom stereocenters. The minimum Gasteiger partial charge on any atom is -0.495 e. The van der Waals surface area contributed by atoms with Crippen molar-refractivity contribution in [3.63, 3.8) is 0 Å². The SMILES string of the molecule is COc1cc(Br)cc(C)c1NC1CCOCC1. The first kappa shape index (κ1) is 12.7. The highest BCUT2D eigenvalue weighted by Crippen LogP contribution is 2.33. The maximum atomic E-state index is 5.42. The molecule has 1 aliphatic heterocycles. The molecule has 1 fully saturated rings. The van der Waals surface area contributed by atoms with E-state index in [-0.39, 0.29) is 0 Å². The predicted molar refractivity (Wildman–Crippen MR) is 72.9 cm³/mol. The average molecular weight is 300 g/mol. The molecule has 1 heterocycles. The van der Waals surface area contributed by atoms with Crippen LogP contribution in [0.3, 0.4) is 0 Å². The summed E-state index contributed by atoms with van der Waals surface area (Å²) in [6.07, 6.45) is 2.11.